The number of rotatable bonds is 13. The highest BCUT2D eigenvalue weighted by molar-refractivity contribution is 5.88. The van der Waals surface area contributed by atoms with Gasteiger partial charge in [0.2, 0.25) is 5.91 Å². The summed E-state index contributed by atoms with van der Waals surface area (Å²) in [6.45, 7) is 11.6. The maximum atomic E-state index is 12.0. The Bertz CT molecular complexity index is 741. The van der Waals surface area contributed by atoms with Gasteiger partial charge in [0.05, 0.1) is 6.61 Å². The first-order valence-electron chi connectivity index (χ1n) is 11.8. The number of hydrogen-bond acceptors (Lipinski definition) is 4. The molecule has 0 aliphatic heterocycles. The fraction of sp³-hybridized carbons (Fsp3) is 0.593. The van der Waals surface area contributed by atoms with Gasteiger partial charge in [0, 0.05) is 25.1 Å². The van der Waals surface area contributed by atoms with Crippen LogP contribution in [0, 0.1) is 11.3 Å². The van der Waals surface area contributed by atoms with Crippen LogP contribution >= 0.6 is 0 Å². The molecule has 0 spiro atoms. The minimum absolute atomic E-state index is 0.0135. The van der Waals surface area contributed by atoms with E-state index in [4.69, 9.17) is 10.4 Å². The predicted octanol–water partition coefficient (Wildman–Crippen LogP) is 5.90. The summed E-state index contributed by atoms with van der Waals surface area (Å²) < 4.78 is 0. The lowest BCUT2D eigenvalue weighted by Gasteiger charge is -2.32. The van der Waals surface area contributed by atoms with Gasteiger partial charge in [0.25, 0.3) is 0 Å². The third kappa shape index (κ3) is 11.1. The lowest BCUT2D eigenvalue weighted by Crippen LogP contribution is -2.22. The van der Waals surface area contributed by atoms with Gasteiger partial charge in [-0.3, -0.25) is 10.1 Å². The monoisotopic (exact) mass is 445 g/mol. The van der Waals surface area contributed by atoms with Crippen LogP contribution in [0.25, 0.3) is 0 Å². The second kappa shape index (κ2) is 15.0. The summed E-state index contributed by atoms with van der Waals surface area (Å²) in [5.74, 6) is -0.170. The number of nitrogens with one attached hydrogen (secondary N) is 1. The van der Waals surface area contributed by atoms with E-state index in [0.717, 1.165) is 24.8 Å². The summed E-state index contributed by atoms with van der Waals surface area (Å²) in [5.41, 5.74) is 5.27. The maximum Gasteiger partial charge on any atom is 0.244 e. The minimum Gasteiger partial charge on any atom is -0.396 e. The Morgan fingerprint density at radius 2 is 1.97 bits per heavy atom. The van der Waals surface area contributed by atoms with Crippen molar-refractivity contribution < 1.29 is 20.0 Å². The van der Waals surface area contributed by atoms with Gasteiger partial charge >= 0.3 is 0 Å². The molecule has 0 aromatic rings. The number of aliphatic hydroxyl groups excluding tert-OH is 1. The Hall–Kier alpha value is -1.95. The summed E-state index contributed by atoms with van der Waals surface area (Å²) >= 11 is 0. The molecule has 0 bridgehead atoms. The molecule has 5 heteroatoms. The molecule has 32 heavy (non-hydrogen) atoms. The van der Waals surface area contributed by atoms with Gasteiger partial charge < -0.3 is 10.4 Å². The topological polar surface area (TPSA) is 78.8 Å². The number of carbonyl (C=O) groups is 1. The van der Waals surface area contributed by atoms with E-state index in [9.17, 15) is 4.79 Å². The van der Waals surface area contributed by atoms with Gasteiger partial charge in [-0.05, 0) is 69.4 Å². The van der Waals surface area contributed by atoms with Gasteiger partial charge in [0.15, 0.2) is 0 Å². The van der Waals surface area contributed by atoms with Crippen LogP contribution in [-0.2, 0) is 9.68 Å². The number of allylic oxidation sites excluding steroid dienone is 9. The third-order valence-electron chi connectivity index (χ3n) is 6.04. The van der Waals surface area contributed by atoms with Crippen LogP contribution in [0.1, 0.15) is 73.1 Å². The molecule has 1 aliphatic carbocycles. The normalized spacial score (nSPS) is 18.6. The van der Waals surface area contributed by atoms with E-state index in [2.05, 4.69) is 56.1 Å². The molecule has 0 saturated carbocycles. The molecule has 1 aliphatic rings. The van der Waals surface area contributed by atoms with Crippen molar-refractivity contribution in [3.63, 3.8) is 0 Å². The summed E-state index contributed by atoms with van der Waals surface area (Å²) in [6, 6.07) is 0. The molecule has 3 N–H and O–H groups in total. The molecule has 0 radical (unpaired) electrons. The Morgan fingerprint density at radius 3 is 2.62 bits per heavy atom. The van der Waals surface area contributed by atoms with Crippen LogP contribution in [0.5, 0.6) is 0 Å². The number of amides is 1. The number of aliphatic hydroxyl groups is 1. The van der Waals surface area contributed by atoms with Crippen molar-refractivity contribution in [3.8, 4) is 0 Å². The second-order valence-corrected chi connectivity index (χ2v) is 9.55. The molecule has 1 unspecified atom stereocenters. The Labute approximate surface area is 194 Å². The molecule has 0 heterocycles. The maximum absolute atomic E-state index is 12.0. The largest absolute Gasteiger partial charge is 0.396 e. The van der Waals surface area contributed by atoms with E-state index in [1.54, 1.807) is 6.08 Å². The highest BCUT2D eigenvalue weighted by Crippen LogP contribution is 2.40. The molecule has 5 nitrogen and oxygen atoms in total. The first-order chi connectivity index (χ1) is 15.2. The van der Waals surface area contributed by atoms with Crippen LogP contribution < -0.4 is 5.32 Å². The van der Waals surface area contributed by atoms with Gasteiger partial charge in [-0.15, -0.1) is 0 Å². The Morgan fingerprint density at radius 1 is 1.22 bits per heavy atom. The molecule has 1 amide bonds. The van der Waals surface area contributed by atoms with Crippen molar-refractivity contribution in [1.29, 1.82) is 0 Å². The fourth-order valence-corrected chi connectivity index (χ4v) is 4.04. The molecule has 180 valence electrons. The van der Waals surface area contributed by atoms with Crippen LogP contribution in [0.3, 0.4) is 0 Å². The highest BCUT2D eigenvalue weighted by Gasteiger charge is 2.26. The van der Waals surface area contributed by atoms with E-state index >= 15 is 0 Å². The number of unbranched alkanes of at least 4 members (excludes halogenated alkanes) is 1. The molecule has 0 aromatic carbocycles. The molecule has 1 rings (SSSR count). The summed E-state index contributed by atoms with van der Waals surface area (Å²) in [7, 11) is 0. The lowest BCUT2D eigenvalue weighted by molar-refractivity contribution is -0.253. The first-order valence-corrected chi connectivity index (χ1v) is 11.8. The molecule has 1 atom stereocenters. The average molecular weight is 446 g/mol. The van der Waals surface area contributed by atoms with Crippen molar-refractivity contribution in [2.75, 3.05) is 19.8 Å². The zero-order valence-electron chi connectivity index (χ0n) is 20.6. The Balaban J connectivity index is 2.45. The quantitative estimate of drug-likeness (QED) is 0.108. The molecule has 0 saturated heterocycles. The van der Waals surface area contributed by atoms with Crippen molar-refractivity contribution in [1.82, 2.24) is 5.32 Å². The predicted molar refractivity (Wildman–Crippen MR) is 132 cm³/mol. The van der Waals surface area contributed by atoms with E-state index in [-0.39, 0.29) is 30.5 Å². The van der Waals surface area contributed by atoms with Crippen molar-refractivity contribution in [2.24, 2.45) is 11.3 Å². The molecule has 0 fully saturated rings. The smallest absolute Gasteiger partial charge is 0.244 e. The van der Waals surface area contributed by atoms with E-state index < -0.39 is 0 Å². The zero-order chi connectivity index (χ0) is 24.0. The van der Waals surface area contributed by atoms with E-state index in [1.807, 2.05) is 19.1 Å². The third-order valence-corrected chi connectivity index (χ3v) is 6.04. The molecule has 0 aromatic heterocycles. The summed E-state index contributed by atoms with van der Waals surface area (Å²) in [6.07, 6.45) is 18.1. The SMILES string of the molecule is CC1=C(/C=C/C(C)=C/C=C/C(C)=C/C(=O)NCCCCC(CO)COO)C(C)(C)CCC1. The highest BCUT2D eigenvalue weighted by atomic mass is 17.1. The average Bonchev–Trinajstić information content (AvgIpc) is 2.71. The standard InChI is InChI=1S/C27H43NO4/c1-21(14-15-25-23(3)12-9-16-27(25,4)5)10-8-11-22(2)18-26(30)28-17-7-6-13-24(19-29)20-32-31/h8,10-11,14-15,18,24,29,31H,6-7,9,12-13,16-17,19-20H2,1-5H3,(H,28,30)/b11-8+,15-14+,21-10+,22-18+. The Kier molecular flexibility index (Phi) is 13.2. The van der Waals surface area contributed by atoms with Crippen molar-refractivity contribution >= 4 is 5.91 Å². The number of hydrogen-bond donors (Lipinski definition) is 3. The minimum atomic E-state index is -0.105. The fourth-order valence-electron chi connectivity index (χ4n) is 4.04. The zero-order valence-corrected chi connectivity index (χ0v) is 20.6. The summed E-state index contributed by atoms with van der Waals surface area (Å²) in [5, 5.41) is 20.5. The van der Waals surface area contributed by atoms with Crippen molar-refractivity contribution in [2.45, 2.75) is 73.1 Å². The van der Waals surface area contributed by atoms with Crippen LogP contribution in [-0.4, -0.2) is 36.0 Å². The van der Waals surface area contributed by atoms with E-state index in [1.165, 1.54) is 36.0 Å². The van der Waals surface area contributed by atoms with Crippen molar-refractivity contribution in [3.05, 3.63) is 58.7 Å². The van der Waals surface area contributed by atoms with Crippen LogP contribution in [0.15, 0.2) is 58.7 Å². The lowest BCUT2D eigenvalue weighted by atomic mass is 9.72. The second-order valence-electron chi connectivity index (χ2n) is 9.55. The van der Waals surface area contributed by atoms with Gasteiger partial charge in [0.1, 0.15) is 0 Å². The van der Waals surface area contributed by atoms with Gasteiger partial charge in [-0.2, -0.15) is 0 Å². The van der Waals surface area contributed by atoms with Gasteiger partial charge in [-0.25, -0.2) is 4.89 Å². The number of carbonyl (C=O) groups excluding carboxylic acids is 1. The molecular formula is C27H43NO4. The van der Waals surface area contributed by atoms with Crippen LogP contribution in [0.2, 0.25) is 0 Å². The van der Waals surface area contributed by atoms with E-state index in [0.29, 0.717) is 6.54 Å². The summed E-state index contributed by atoms with van der Waals surface area (Å²) in [4.78, 5) is 16.1. The van der Waals surface area contributed by atoms with Gasteiger partial charge in [-0.1, -0.05) is 61.8 Å². The first kappa shape index (κ1) is 28.1. The van der Waals surface area contributed by atoms with Crippen LogP contribution in [0.4, 0.5) is 0 Å². The molecular weight excluding hydrogens is 402 g/mol.